The lowest BCUT2D eigenvalue weighted by Gasteiger charge is -2.10. The molecule has 0 saturated carbocycles. The van der Waals surface area contributed by atoms with E-state index in [1.807, 2.05) is 41.7 Å². The monoisotopic (exact) mass is 631 g/mol. The Morgan fingerprint density at radius 3 is 1.85 bits per heavy atom. The number of rotatable bonds is 4. The number of nitrogens with zero attached hydrogens (tertiary/aromatic N) is 3. The summed E-state index contributed by atoms with van der Waals surface area (Å²) in [5.41, 5.74) is 6.80. The van der Waals surface area contributed by atoms with Crippen molar-refractivity contribution in [3.05, 3.63) is 152 Å². The molecular weight excluding hydrogens is 607 g/mol. The molecule has 0 aliphatic carbocycles. The maximum atomic E-state index is 6.57. The van der Waals surface area contributed by atoms with Gasteiger partial charge in [0.15, 0.2) is 17.5 Å². The summed E-state index contributed by atoms with van der Waals surface area (Å²) >= 11 is 1.84. The molecule has 7 aromatic carbocycles. The number of furan rings is 1. The van der Waals surface area contributed by atoms with Crippen LogP contribution in [0.1, 0.15) is 0 Å². The molecule has 0 saturated heterocycles. The fraction of sp³-hybridized carbons (Fsp3) is 0. The molecule has 0 aliphatic rings. The second-order valence-corrected chi connectivity index (χ2v) is 13.1. The van der Waals surface area contributed by atoms with E-state index in [1.165, 1.54) is 25.7 Å². The maximum absolute atomic E-state index is 6.57. The minimum Gasteiger partial charge on any atom is -0.456 e. The third-order valence-electron chi connectivity index (χ3n) is 9.14. The van der Waals surface area contributed by atoms with Crippen molar-refractivity contribution in [1.29, 1.82) is 0 Å². The van der Waals surface area contributed by atoms with Gasteiger partial charge in [0.25, 0.3) is 0 Å². The highest BCUT2D eigenvalue weighted by molar-refractivity contribution is 7.26. The molecule has 0 fully saturated rings. The highest BCUT2D eigenvalue weighted by atomic mass is 32.1. The summed E-state index contributed by atoms with van der Waals surface area (Å²) in [6.45, 7) is 0. The van der Waals surface area contributed by atoms with Gasteiger partial charge in [0.05, 0.1) is 0 Å². The minimum atomic E-state index is 0.603. The van der Waals surface area contributed by atoms with E-state index in [0.29, 0.717) is 17.5 Å². The molecule has 10 aromatic rings. The Hall–Kier alpha value is -6.17. The predicted molar refractivity (Wildman–Crippen MR) is 199 cm³/mol. The number of aromatic nitrogens is 3. The Labute approximate surface area is 279 Å². The predicted octanol–water partition coefficient (Wildman–Crippen LogP) is 12.0. The van der Waals surface area contributed by atoms with E-state index >= 15 is 0 Å². The topological polar surface area (TPSA) is 51.8 Å². The summed E-state index contributed by atoms with van der Waals surface area (Å²) in [5.74, 6) is 1.87. The summed E-state index contributed by atoms with van der Waals surface area (Å²) in [6, 6.07) is 52.7. The molecule has 48 heavy (non-hydrogen) atoms. The van der Waals surface area contributed by atoms with Crippen molar-refractivity contribution in [2.75, 3.05) is 0 Å². The van der Waals surface area contributed by atoms with E-state index in [1.54, 1.807) is 0 Å². The zero-order valence-electron chi connectivity index (χ0n) is 25.6. The second-order valence-electron chi connectivity index (χ2n) is 12.0. The van der Waals surface area contributed by atoms with E-state index in [0.717, 1.165) is 55.0 Å². The molecule has 5 heteroatoms. The van der Waals surface area contributed by atoms with Crippen LogP contribution in [0.3, 0.4) is 0 Å². The van der Waals surface area contributed by atoms with Gasteiger partial charge in [-0.3, -0.25) is 0 Å². The quantitative estimate of drug-likeness (QED) is 0.194. The minimum absolute atomic E-state index is 0.603. The van der Waals surface area contributed by atoms with Crippen LogP contribution in [-0.4, -0.2) is 15.0 Å². The van der Waals surface area contributed by atoms with Gasteiger partial charge in [0, 0.05) is 47.6 Å². The highest BCUT2D eigenvalue weighted by Crippen LogP contribution is 2.41. The first-order valence-electron chi connectivity index (χ1n) is 15.9. The Morgan fingerprint density at radius 1 is 0.396 bits per heavy atom. The SMILES string of the molecule is c1ccc(-c2nc(-c3ccc4c(c3)oc3cc(-c5cccc6c5sc5ccccc56)ccc34)nc(-c3cccc4ccccc34)n2)cc1. The average Bonchev–Trinajstić information content (AvgIpc) is 3.72. The van der Waals surface area contributed by atoms with Crippen molar-refractivity contribution in [1.82, 2.24) is 15.0 Å². The van der Waals surface area contributed by atoms with Gasteiger partial charge in [-0.1, -0.05) is 121 Å². The lowest BCUT2D eigenvalue weighted by molar-refractivity contribution is 0.669. The maximum Gasteiger partial charge on any atom is 0.164 e. The fourth-order valence-corrected chi connectivity index (χ4v) is 8.06. The number of fused-ring (bicyclic) bond motifs is 7. The second kappa shape index (κ2) is 10.7. The summed E-state index contributed by atoms with van der Waals surface area (Å²) in [7, 11) is 0. The van der Waals surface area contributed by atoms with E-state index in [9.17, 15) is 0 Å². The third kappa shape index (κ3) is 4.33. The number of hydrogen-bond acceptors (Lipinski definition) is 5. The van der Waals surface area contributed by atoms with Crippen molar-refractivity contribution in [3.8, 4) is 45.3 Å². The molecule has 0 atom stereocenters. The van der Waals surface area contributed by atoms with Crippen LogP contribution >= 0.6 is 11.3 Å². The lowest BCUT2D eigenvalue weighted by Crippen LogP contribution is -2.00. The van der Waals surface area contributed by atoms with Crippen LogP contribution in [0.2, 0.25) is 0 Å². The Kier molecular flexibility index (Phi) is 6.01. The Balaban J connectivity index is 1.12. The zero-order valence-corrected chi connectivity index (χ0v) is 26.4. The van der Waals surface area contributed by atoms with Gasteiger partial charge < -0.3 is 4.42 Å². The van der Waals surface area contributed by atoms with Crippen LogP contribution in [0.15, 0.2) is 156 Å². The molecule has 0 aliphatic heterocycles. The molecule has 4 nitrogen and oxygen atoms in total. The van der Waals surface area contributed by atoms with Gasteiger partial charge >= 0.3 is 0 Å². The van der Waals surface area contributed by atoms with Gasteiger partial charge in [-0.15, -0.1) is 11.3 Å². The highest BCUT2D eigenvalue weighted by Gasteiger charge is 2.17. The molecule has 3 heterocycles. The molecule has 0 bridgehead atoms. The molecule has 224 valence electrons. The van der Waals surface area contributed by atoms with Crippen LogP contribution in [0.4, 0.5) is 0 Å². The molecule has 0 radical (unpaired) electrons. The van der Waals surface area contributed by atoms with E-state index in [-0.39, 0.29) is 0 Å². The molecule has 0 spiro atoms. The molecule has 0 unspecified atom stereocenters. The van der Waals surface area contributed by atoms with Gasteiger partial charge in [0.2, 0.25) is 0 Å². The summed E-state index contributed by atoms with van der Waals surface area (Å²) in [6.07, 6.45) is 0. The fourth-order valence-electron chi connectivity index (χ4n) is 6.82. The van der Waals surface area contributed by atoms with Gasteiger partial charge in [0.1, 0.15) is 11.2 Å². The first kappa shape index (κ1) is 27.0. The van der Waals surface area contributed by atoms with Gasteiger partial charge in [-0.2, -0.15) is 0 Å². The van der Waals surface area contributed by atoms with Crippen LogP contribution in [0.5, 0.6) is 0 Å². The van der Waals surface area contributed by atoms with Crippen LogP contribution in [-0.2, 0) is 0 Å². The van der Waals surface area contributed by atoms with Crippen molar-refractivity contribution in [3.63, 3.8) is 0 Å². The zero-order chi connectivity index (χ0) is 31.6. The molecule has 0 amide bonds. The average molecular weight is 632 g/mol. The van der Waals surface area contributed by atoms with Crippen LogP contribution in [0, 0.1) is 0 Å². The first-order valence-corrected chi connectivity index (χ1v) is 16.8. The molecular formula is C43H25N3OS. The lowest BCUT2D eigenvalue weighted by atomic mass is 10.0. The van der Waals surface area contributed by atoms with Crippen molar-refractivity contribution in [2.24, 2.45) is 0 Å². The largest absolute Gasteiger partial charge is 0.456 e. The summed E-state index contributed by atoms with van der Waals surface area (Å²) in [5, 5.41) is 6.98. The first-order chi connectivity index (χ1) is 23.8. The molecule has 0 N–H and O–H groups in total. The van der Waals surface area contributed by atoms with Crippen molar-refractivity contribution < 1.29 is 4.42 Å². The van der Waals surface area contributed by atoms with E-state index in [2.05, 4.69) is 121 Å². The normalized spacial score (nSPS) is 11.8. The molecule has 10 rings (SSSR count). The summed E-state index contributed by atoms with van der Waals surface area (Å²) in [4.78, 5) is 15.0. The van der Waals surface area contributed by atoms with Crippen LogP contribution in [0.25, 0.3) is 98.2 Å². The summed E-state index contributed by atoms with van der Waals surface area (Å²) < 4.78 is 9.16. The van der Waals surface area contributed by atoms with Crippen molar-refractivity contribution >= 4 is 64.2 Å². The molecule has 3 aromatic heterocycles. The van der Waals surface area contributed by atoms with Gasteiger partial charge in [-0.05, 0) is 52.2 Å². The number of benzene rings is 7. The van der Waals surface area contributed by atoms with E-state index < -0.39 is 0 Å². The Bertz CT molecular complexity index is 2850. The van der Waals surface area contributed by atoms with E-state index in [4.69, 9.17) is 19.4 Å². The standard InChI is InChI=1S/C43H25N3OS/c1-2-11-27(12-3-1)41-44-42(46-43(45-41)36-18-8-13-26-10-4-5-14-30(26)36)29-21-23-33-32-22-20-28(24-37(32)47-38(33)25-29)31-16-9-17-35-34-15-6-7-19-39(34)48-40(31)35/h1-25H. The smallest absolute Gasteiger partial charge is 0.164 e. The van der Waals surface area contributed by atoms with Crippen molar-refractivity contribution in [2.45, 2.75) is 0 Å². The number of hydrogen-bond donors (Lipinski definition) is 0. The third-order valence-corrected chi connectivity index (χ3v) is 10.4. The number of thiophene rings is 1. The Morgan fingerprint density at radius 2 is 1.00 bits per heavy atom. The van der Waals surface area contributed by atoms with Gasteiger partial charge in [-0.25, -0.2) is 15.0 Å². The van der Waals surface area contributed by atoms with Crippen LogP contribution < -0.4 is 0 Å².